The van der Waals surface area contributed by atoms with E-state index < -0.39 is 23.4 Å². The van der Waals surface area contributed by atoms with Crippen LogP contribution in [0, 0.1) is 23.1 Å². The maximum Gasteiger partial charge on any atom is 0.249 e. The molecule has 3 aromatic carbocycles. The van der Waals surface area contributed by atoms with Gasteiger partial charge in [-0.1, -0.05) is 41.9 Å². The van der Waals surface area contributed by atoms with Gasteiger partial charge in [0.1, 0.15) is 11.5 Å². The van der Waals surface area contributed by atoms with E-state index in [9.17, 15) is 19.2 Å². The van der Waals surface area contributed by atoms with Gasteiger partial charge in [-0.15, -0.1) is 0 Å². The molecule has 0 aliphatic heterocycles. The number of anilines is 1. The Morgan fingerprint density at radius 3 is 2.59 bits per heavy atom. The largest absolute Gasteiger partial charge is 0.324 e. The molecule has 0 spiro atoms. The van der Waals surface area contributed by atoms with Crippen molar-refractivity contribution in [2.45, 2.75) is 6.42 Å². The van der Waals surface area contributed by atoms with Gasteiger partial charge in [-0.25, -0.2) is 9.07 Å². The zero-order chi connectivity index (χ0) is 23.8. The Kier molecular flexibility index (Phi) is 5.44. The summed E-state index contributed by atoms with van der Waals surface area (Å²) in [7, 11) is 0. The van der Waals surface area contributed by atoms with Crippen molar-refractivity contribution < 1.29 is 14.0 Å². The van der Waals surface area contributed by atoms with Gasteiger partial charge in [-0.3, -0.25) is 9.59 Å². The first-order valence-electron chi connectivity index (χ1n) is 10.4. The van der Waals surface area contributed by atoms with E-state index in [1.807, 2.05) is 30.3 Å². The Morgan fingerprint density at radius 2 is 1.85 bits per heavy atom. The van der Waals surface area contributed by atoms with Gasteiger partial charge in [0.05, 0.1) is 17.5 Å². The second-order valence-electron chi connectivity index (χ2n) is 7.82. The summed E-state index contributed by atoms with van der Waals surface area (Å²) in [4.78, 5) is 26.3. The molecule has 0 radical (unpaired) electrons. The van der Waals surface area contributed by atoms with Crippen molar-refractivity contribution >= 4 is 29.0 Å². The van der Waals surface area contributed by atoms with E-state index in [1.165, 1.54) is 18.2 Å². The van der Waals surface area contributed by atoms with Crippen LogP contribution in [0.25, 0.3) is 16.9 Å². The van der Waals surface area contributed by atoms with E-state index in [4.69, 9.17) is 11.6 Å². The molecular formula is C26H16ClFN4O2. The number of halogens is 2. The Hall–Kier alpha value is -4.28. The van der Waals surface area contributed by atoms with Gasteiger partial charge >= 0.3 is 0 Å². The predicted molar refractivity (Wildman–Crippen MR) is 125 cm³/mol. The summed E-state index contributed by atoms with van der Waals surface area (Å²) in [5.74, 6) is -3.47. The first kappa shape index (κ1) is 21.6. The molecule has 5 rings (SSSR count). The smallest absolute Gasteiger partial charge is 0.249 e. The summed E-state index contributed by atoms with van der Waals surface area (Å²) in [6.45, 7) is 0. The summed E-state index contributed by atoms with van der Waals surface area (Å²) < 4.78 is 15.1. The molecular weight excluding hydrogens is 455 g/mol. The minimum Gasteiger partial charge on any atom is -0.324 e. The number of benzene rings is 3. The van der Waals surface area contributed by atoms with Gasteiger partial charge in [0.2, 0.25) is 11.7 Å². The molecule has 166 valence electrons. The Morgan fingerprint density at radius 1 is 1.09 bits per heavy atom. The van der Waals surface area contributed by atoms with Crippen LogP contribution in [-0.4, -0.2) is 21.5 Å². The Bertz CT molecular complexity index is 1490. The zero-order valence-corrected chi connectivity index (χ0v) is 18.4. The van der Waals surface area contributed by atoms with Crippen LogP contribution in [0.2, 0.25) is 5.02 Å². The lowest BCUT2D eigenvalue weighted by atomic mass is 9.98. The third-order valence-electron chi connectivity index (χ3n) is 5.67. The van der Waals surface area contributed by atoms with Gasteiger partial charge < -0.3 is 5.32 Å². The van der Waals surface area contributed by atoms with E-state index in [-0.39, 0.29) is 5.69 Å². The summed E-state index contributed by atoms with van der Waals surface area (Å²) >= 11 is 5.96. The van der Waals surface area contributed by atoms with Crippen LogP contribution < -0.4 is 5.32 Å². The number of rotatable bonds is 5. The Balaban J connectivity index is 1.56. The lowest BCUT2D eigenvalue weighted by Gasteiger charge is -2.10. The first-order valence-corrected chi connectivity index (χ1v) is 10.8. The number of carbonyl (C=O) groups excluding carboxylic acids is 2. The minimum atomic E-state index is -1.61. The number of hydrogen-bond acceptors (Lipinski definition) is 4. The minimum absolute atomic E-state index is 0.0447. The summed E-state index contributed by atoms with van der Waals surface area (Å²) in [5.41, 5.74) is 4.19. The maximum atomic E-state index is 13.5. The quantitative estimate of drug-likeness (QED) is 0.282. The highest BCUT2D eigenvalue weighted by molar-refractivity contribution is 6.31. The van der Waals surface area contributed by atoms with Gasteiger partial charge in [-0.05, 0) is 48.0 Å². The number of nitrogens with zero attached hydrogens (tertiary/aromatic N) is 3. The zero-order valence-electron chi connectivity index (χ0n) is 17.6. The molecule has 1 aliphatic rings. The van der Waals surface area contributed by atoms with Crippen LogP contribution in [0.3, 0.4) is 0 Å². The molecule has 1 unspecified atom stereocenters. The SMILES string of the molecule is N#CC(C(=O)Nc1cccc(Cl)c1)C(=O)c1nn(-c2ccc(F)cc2)c2c1Cc1ccccc1-2. The lowest BCUT2D eigenvalue weighted by Crippen LogP contribution is -2.29. The number of hydrogen-bond donors (Lipinski definition) is 1. The number of nitrogens with one attached hydrogen (secondary N) is 1. The fourth-order valence-corrected chi connectivity index (χ4v) is 4.30. The highest BCUT2D eigenvalue weighted by atomic mass is 35.5. The molecule has 4 aromatic rings. The molecule has 0 bridgehead atoms. The summed E-state index contributed by atoms with van der Waals surface area (Å²) in [6, 6.07) is 21.6. The van der Waals surface area contributed by atoms with Crippen molar-refractivity contribution in [3.63, 3.8) is 0 Å². The number of fused-ring (bicyclic) bond motifs is 3. The number of amides is 1. The van der Waals surface area contributed by atoms with Crippen LogP contribution in [0.1, 0.15) is 21.6 Å². The lowest BCUT2D eigenvalue weighted by molar-refractivity contribution is -0.117. The summed E-state index contributed by atoms with van der Waals surface area (Å²) in [5, 5.41) is 17.2. The van der Waals surface area contributed by atoms with Gasteiger partial charge in [0, 0.05) is 28.3 Å². The van der Waals surface area contributed by atoms with Crippen molar-refractivity contribution in [2.75, 3.05) is 5.32 Å². The van der Waals surface area contributed by atoms with Crippen LogP contribution >= 0.6 is 11.6 Å². The molecule has 0 saturated carbocycles. The summed E-state index contributed by atoms with van der Waals surface area (Å²) in [6.07, 6.45) is 0.432. The molecule has 1 atom stereocenters. The topological polar surface area (TPSA) is 87.8 Å². The molecule has 1 heterocycles. The van der Waals surface area contributed by atoms with E-state index >= 15 is 0 Å². The van der Waals surface area contributed by atoms with Gasteiger partial charge in [-0.2, -0.15) is 10.4 Å². The second-order valence-corrected chi connectivity index (χ2v) is 8.26. The predicted octanol–water partition coefficient (Wildman–Crippen LogP) is 5.20. The number of Topliss-reactive ketones (excluding diaryl/α,β-unsaturated/α-hetero) is 1. The van der Waals surface area contributed by atoms with Crippen LogP contribution in [0.4, 0.5) is 10.1 Å². The van der Waals surface area contributed by atoms with Crippen molar-refractivity contribution in [3.05, 3.63) is 100 Å². The number of carbonyl (C=O) groups is 2. The van der Waals surface area contributed by atoms with E-state index in [1.54, 1.807) is 35.0 Å². The molecule has 0 fully saturated rings. The molecule has 8 heteroatoms. The Labute approximate surface area is 199 Å². The van der Waals surface area contributed by atoms with Crippen molar-refractivity contribution in [1.29, 1.82) is 5.26 Å². The molecule has 1 aromatic heterocycles. The second kappa shape index (κ2) is 8.58. The molecule has 1 amide bonds. The van der Waals surface area contributed by atoms with Gasteiger partial charge in [0.15, 0.2) is 5.92 Å². The molecule has 1 aliphatic carbocycles. The fourth-order valence-electron chi connectivity index (χ4n) is 4.11. The monoisotopic (exact) mass is 470 g/mol. The average Bonchev–Trinajstić information content (AvgIpc) is 3.37. The average molecular weight is 471 g/mol. The maximum absolute atomic E-state index is 13.5. The van der Waals surface area contributed by atoms with Crippen LogP contribution in [0.15, 0.2) is 72.8 Å². The molecule has 0 saturated heterocycles. The van der Waals surface area contributed by atoms with Crippen molar-refractivity contribution in [1.82, 2.24) is 9.78 Å². The van der Waals surface area contributed by atoms with E-state index in [0.717, 1.165) is 11.1 Å². The number of ketones is 1. The highest BCUT2D eigenvalue weighted by Gasteiger charge is 2.36. The fraction of sp³-hybridized carbons (Fsp3) is 0.0769. The first-order chi connectivity index (χ1) is 16.5. The highest BCUT2D eigenvalue weighted by Crippen LogP contribution is 2.40. The normalized spacial score (nSPS) is 12.4. The van der Waals surface area contributed by atoms with Crippen LogP contribution in [0.5, 0.6) is 0 Å². The van der Waals surface area contributed by atoms with E-state index in [0.29, 0.717) is 34.1 Å². The molecule has 1 N–H and O–H groups in total. The standard InChI is InChI=1S/C26H16ClFN4O2/c27-16-5-3-6-18(13-16)30-26(34)22(14-29)25(33)23-21-12-15-4-1-2-7-20(15)24(21)32(31-23)19-10-8-17(28)9-11-19/h1-11,13,22H,12H2,(H,30,34). The third kappa shape index (κ3) is 3.74. The van der Waals surface area contributed by atoms with E-state index in [2.05, 4.69) is 10.4 Å². The van der Waals surface area contributed by atoms with Crippen LogP contribution in [-0.2, 0) is 11.2 Å². The van der Waals surface area contributed by atoms with Crippen molar-refractivity contribution in [2.24, 2.45) is 5.92 Å². The van der Waals surface area contributed by atoms with Crippen molar-refractivity contribution in [3.8, 4) is 23.0 Å². The molecule has 6 nitrogen and oxygen atoms in total. The van der Waals surface area contributed by atoms with Gasteiger partial charge in [0.25, 0.3) is 0 Å². The molecule has 34 heavy (non-hydrogen) atoms. The number of aromatic nitrogens is 2. The number of nitriles is 1. The third-order valence-corrected chi connectivity index (χ3v) is 5.91.